The summed E-state index contributed by atoms with van der Waals surface area (Å²) in [4.78, 5) is 16.9. The Morgan fingerprint density at radius 2 is 2.06 bits per heavy atom. The Labute approximate surface area is 110 Å². The molecule has 2 atom stereocenters. The number of ether oxygens (including phenoxy) is 1. The first-order chi connectivity index (χ1) is 8.70. The number of carbonyl (C=O) groups excluding carboxylic acids is 1. The van der Waals surface area contributed by atoms with Crippen LogP contribution in [0.5, 0.6) is 0 Å². The molecular weight excluding hydrogens is 228 g/mol. The smallest absolute Gasteiger partial charge is 0.152 e. The van der Waals surface area contributed by atoms with E-state index < -0.39 is 0 Å². The fourth-order valence-electron chi connectivity index (χ4n) is 2.76. The van der Waals surface area contributed by atoms with Crippen molar-refractivity contribution in [1.29, 1.82) is 0 Å². The summed E-state index contributed by atoms with van der Waals surface area (Å²) in [5.41, 5.74) is 0. The minimum atomic E-state index is 0.164. The van der Waals surface area contributed by atoms with Gasteiger partial charge in [-0.15, -0.1) is 0 Å². The third kappa shape index (κ3) is 3.53. The number of hydrogen-bond donors (Lipinski definition) is 0. The average molecular weight is 254 g/mol. The van der Waals surface area contributed by atoms with Gasteiger partial charge in [-0.3, -0.25) is 14.6 Å². The van der Waals surface area contributed by atoms with Gasteiger partial charge in [0.05, 0.1) is 13.2 Å². The second kappa shape index (κ2) is 6.64. The summed E-state index contributed by atoms with van der Waals surface area (Å²) in [5, 5.41) is 0. The number of carbonyl (C=O) groups is 1. The predicted octanol–water partition coefficient (Wildman–Crippen LogP) is 1.01. The summed E-state index contributed by atoms with van der Waals surface area (Å²) in [5.74, 6) is 0.544. The lowest BCUT2D eigenvalue weighted by molar-refractivity contribution is -0.124. The van der Waals surface area contributed by atoms with Crippen molar-refractivity contribution in [2.75, 3.05) is 45.9 Å². The lowest BCUT2D eigenvalue weighted by atomic mass is 10.0. The molecule has 4 heteroatoms. The molecule has 104 valence electrons. The Morgan fingerprint density at radius 3 is 2.61 bits per heavy atom. The van der Waals surface area contributed by atoms with Crippen molar-refractivity contribution in [2.45, 2.75) is 32.7 Å². The van der Waals surface area contributed by atoms with Gasteiger partial charge in [-0.05, 0) is 19.8 Å². The molecule has 2 aliphatic rings. The minimum Gasteiger partial charge on any atom is -0.381 e. The maximum atomic E-state index is 12.0. The molecule has 0 aromatic rings. The molecule has 2 unspecified atom stereocenters. The molecule has 0 aromatic heterocycles. The van der Waals surface area contributed by atoms with Crippen LogP contribution in [0.15, 0.2) is 0 Å². The van der Waals surface area contributed by atoms with Crippen LogP contribution in [0.2, 0.25) is 0 Å². The van der Waals surface area contributed by atoms with Crippen molar-refractivity contribution in [1.82, 2.24) is 9.80 Å². The van der Waals surface area contributed by atoms with Crippen LogP contribution >= 0.6 is 0 Å². The van der Waals surface area contributed by atoms with Gasteiger partial charge in [0.25, 0.3) is 0 Å². The molecule has 0 saturated carbocycles. The van der Waals surface area contributed by atoms with E-state index in [9.17, 15) is 4.79 Å². The second-order valence-electron chi connectivity index (χ2n) is 5.60. The van der Waals surface area contributed by atoms with Crippen LogP contribution in [0.25, 0.3) is 0 Å². The van der Waals surface area contributed by atoms with Crippen LogP contribution in [0.4, 0.5) is 0 Å². The molecule has 0 amide bonds. The molecule has 2 heterocycles. The van der Waals surface area contributed by atoms with Crippen molar-refractivity contribution in [2.24, 2.45) is 5.92 Å². The Bertz CT molecular complexity index is 269. The van der Waals surface area contributed by atoms with Crippen molar-refractivity contribution in [3.8, 4) is 0 Å². The summed E-state index contributed by atoms with van der Waals surface area (Å²) in [6.07, 6.45) is 2.13. The van der Waals surface area contributed by atoms with E-state index in [1.54, 1.807) is 0 Å². The Hall–Kier alpha value is -0.450. The lowest BCUT2D eigenvalue weighted by Gasteiger charge is -2.37. The van der Waals surface area contributed by atoms with Crippen LogP contribution in [-0.2, 0) is 9.53 Å². The summed E-state index contributed by atoms with van der Waals surface area (Å²) >= 11 is 0. The van der Waals surface area contributed by atoms with Gasteiger partial charge < -0.3 is 4.74 Å². The highest BCUT2D eigenvalue weighted by molar-refractivity contribution is 5.83. The van der Waals surface area contributed by atoms with Crippen molar-refractivity contribution < 1.29 is 9.53 Å². The average Bonchev–Trinajstić information content (AvgIpc) is 2.92. The topological polar surface area (TPSA) is 32.8 Å². The summed E-state index contributed by atoms with van der Waals surface area (Å²) in [6.45, 7) is 10.8. The van der Waals surface area contributed by atoms with E-state index in [0.29, 0.717) is 25.0 Å². The molecule has 2 rings (SSSR count). The lowest BCUT2D eigenvalue weighted by Crippen LogP contribution is -2.51. The SMILES string of the molecule is CCC(C)N1CCN(CC(=O)C2CCOC2)CC1. The molecule has 4 nitrogen and oxygen atoms in total. The third-order valence-electron chi connectivity index (χ3n) is 4.39. The number of nitrogens with zero attached hydrogens (tertiary/aromatic N) is 2. The first-order valence-electron chi connectivity index (χ1n) is 7.27. The van der Waals surface area contributed by atoms with Gasteiger partial charge in [-0.2, -0.15) is 0 Å². The zero-order valence-electron chi connectivity index (χ0n) is 11.7. The summed E-state index contributed by atoms with van der Waals surface area (Å²) in [7, 11) is 0. The van der Waals surface area contributed by atoms with Gasteiger partial charge in [0.1, 0.15) is 0 Å². The van der Waals surface area contributed by atoms with E-state index in [1.807, 2.05) is 0 Å². The zero-order chi connectivity index (χ0) is 13.0. The first-order valence-corrected chi connectivity index (χ1v) is 7.27. The highest BCUT2D eigenvalue weighted by atomic mass is 16.5. The van der Waals surface area contributed by atoms with E-state index in [0.717, 1.165) is 39.2 Å². The van der Waals surface area contributed by atoms with E-state index in [2.05, 4.69) is 23.6 Å². The quantitative estimate of drug-likeness (QED) is 0.733. The molecule has 0 N–H and O–H groups in total. The normalized spacial score (nSPS) is 28.4. The van der Waals surface area contributed by atoms with Gasteiger partial charge in [-0.25, -0.2) is 0 Å². The van der Waals surface area contributed by atoms with Gasteiger partial charge >= 0.3 is 0 Å². The third-order valence-corrected chi connectivity index (χ3v) is 4.39. The molecule has 0 bridgehead atoms. The number of ketones is 1. The first kappa shape index (κ1) is 14.0. The molecule has 0 radical (unpaired) electrons. The number of piperazine rings is 1. The van der Waals surface area contributed by atoms with E-state index >= 15 is 0 Å². The van der Waals surface area contributed by atoms with Gasteiger partial charge in [0.2, 0.25) is 0 Å². The minimum absolute atomic E-state index is 0.164. The van der Waals surface area contributed by atoms with Crippen molar-refractivity contribution in [3.05, 3.63) is 0 Å². The van der Waals surface area contributed by atoms with Crippen molar-refractivity contribution >= 4 is 5.78 Å². The predicted molar refractivity (Wildman–Crippen MR) is 71.7 cm³/mol. The molecule has 2 saturated heterocycles. The van der Waals surface area contributed by atoms with Crippen molar-refractivity contribution in [3.63, 3.8) is 0 Å². The van der Waals surface area contributed by atoms with Gasteiger partial charge in [0.15, 0.2) is 5.78 Å². The summed E-state index contributed by atoms with van der Waals surface area (Å²) < 4.78 is 5.28. The van der Waals surface area contributed by atoms with E-state index in [-0.39, 0.29) is 5.92 Å². The second-order valence-corrected chi connectivity index (χ2v) is 5.60. The molecule has 0 aliphatic carbocycles. The molecule has 2 aliphatic heterocycles. The Morgan fingerprint density at radius 1 is 1.33 bits per heavy atom. The fraction of sp³-hybridized carbons (Fsp3) is 0.929. The number of rotatable bonds is 5. The molecule has 0 spiro atoms. The number of Topliss-reactive ketones (excluding diaryl/α,β-unsaturated/α-hetero) is 1. The Balaban J connectivity index is 1.71. The van der Waals surface area contributed by atoms with E-state index in [1.165, 1.54) is 6.42 Å². The zero-order valence-corrected chi connectivity index (χ0v) is 11.7. The summed E-state index contributed by atoms with van der Waals surface area (Å²) in [6, 6.07) is 0.672. The standard InChI is InChI=1S/C14H26N2O2/c1-3-12(2)16-7-5-15(6-8-16)10-14(17)13-4-9-18-11-13/h12-13H,3-11H2,1-2H3. The van der Waals surface area contributed by atoms with Gasteiger partial charge in [0, 0.05) is 44.7 Å². The highest BCUT2D eigenvalue weighted by Gasteiger charge is 2.27. The van der Waals surface area contributed by atoms with Crippen LogP contribution in [0, 0.1) is 5.92 Å². The maximum absolute atomic E-state index is 12.0. The monoisotopic (exact) mass is 254 g/mol. The highest BCUT2D eigenvalue weighted by Crippen LogP contribution is 2.15. The van der Waals surface area contributed by atoms with Crippen LogP contribution < -0.4 is 0 Å². The van der Waals surface area contributed by atoms with Crippen LogP contribution in [-0.4, -0.2) is 67.6 Å². The maximum Gasteiger partial charge on any atom is 0.152 e. The Kier molecular flexibility index (Phi) is 5.15. The molecule has 18 heavy (non-hydrogen) atoms. The van der Waals surface area contributed by atoms with E-state index in [4.69, 9.17) is 4.74 Å². The molecular formula is C14H26N2O2. The molecule has 0 aromatic carbocycles. The number of hydrogen-bond acceptors (Lipinski definition) is 4. The fourth-order valence-corrected chi connectivity index (χ4v) is 2.76. The van der Waals surface area contributed by atoms with Crippen LogP contribution in [0.3, 0.4) is 0 Å². The van der Waals surface area contributed by atoms with Crippen LogP contribution in [0.1, 0.15) is 26.7 Å². The van der Waals surface area contributed by atoms with Gasteiger partial charge in [-0.1, -0.05) is 6.92 Å². The molecule has 2 fully saturated rings. The largest absolute Gasteiger partial charge is 0.381 e.